The van der Waals surface area contributed by atoms with Crippen LogP contribution in [0.15, 0.2) is 4.90 Å². The maximum Gasteiger partial charge on any atom is 0.295 e. The van der Waals surface area contributed by atoms with Crippen LogP contribution in [0, 0.1) is 0 Å². The molecule has 2 N–H and O–H groups in total. The molecule has 1 atom stereocenters. The Labute approximate surface area is 125 Å². The highest BCUT2D eigenvalue weighted by Gasteiger charge is 2.32. The zero-order chi connectivity index (χ0) is 16.4. The first kappa shape index (κ1) is 17.6. The largest absolute Gasteiger partial charge is 0.502 e. The van der Waals surface area contributed by atoms with E-state index in [2.05, 4.69) is 0 Å². The lowest BCUT2D eigenvalue weighted by molar-refractivity contribution is 0.329. The molecule has 0 amide bonds. The third-order valence-electron chi connectivity index (χ3n) is 3.59. The topological polar surface area (TPSA) is 93.1 Å². The van der Waals surface area contributed by atoms with Gasteiger partial charge in [0.2, 0.25) is 5.75 Å². The van der Waals surface area contributed by atoms with Crippen molar-refractivity contribution in [2.75, 3.05) is 14.2 Å². The molecular weight excluding hydrogens is 296 g/mol. The van der Waals surface area contributed by atoms with Crippen LogP contribution >= 0.6 is 0 Å². The van der Waals surface area contributed by atoms with Crippen molar-refractivity contribution in [2.24, 2.45) is 0 Å². The van der Waals surface area contributed by atoms with Crippen LogP contribution in [0.2, 0.25) is 0 Å². The quantitative estimate of drug-likeness (QED) is 0.783. The summed E-state index contributed by atoms with van der Waals surface area (Å²) >= 11 is 0. The van der Waals surface area contributed by atoms with Crippen molar-refractivity contribution in [2.45, 2.75) is 44.4 Å². The Morgan fingerprint density at radius 3 is 2.00 bits per heavy atom. The van der Waals surface area contributed by atoms with Crippen LogP contribution in [-0.2, 0) is 16.5 Å². The van der Waals surface area contributed by atoms with E-state index in [-0.39, 0.29) is 45.6 Å². The Morgan fingerprint density at radius 2 is 1.67 bits per heavy atom. The Balaban J connectivity index is 4.04. The molecule has 0 saturated carbocycles. The average molecular weight is 318 g/mol. The highest BCUT2D eigenvalue weighted by Crippen LogP contribution is 2.49. The number of hydrogen-bond donors (Lipinski definition) is 2. The van der Waals surface area contributed by atoms with E-state index in [4.69, 9.17) is 9.47 Å². The summed E-state index contributed by atoms with van der Waals surface area (Å²) in [7, 11) is -1.83. The minimum atomic E-state index is -4.48. The van der Waals surface area contributed by atoms with Crippen LogP contribution in [0.4, 0.5) is 0 Å². The molecular formula is C14H22O6S. The van der Waals surface area contributed by atoms with Crippen LogP contribution in [0.25, 0.3) is 0 Å². The summed E-state index contributed by atoms with van der Waals surface area (Å²) in [6, 6.07) is 0. The van der Waals surface area contributed by atoms with Gasteiger partial charge in [-0.2, -0.15) is 8.42 Å². The fraction of sp³-hybridized carbons (Fsp3) is 0.571. The van der Waals surface area contributed by atoms with Gasteiger partial charge >= 0.3 is 0 Å². The molecule has 0 aliphatic rings. The second kappa shape index (κ2) is 6.53. The van der Waals surface area contributed by atoms with E-state index in [0.29, 0.717) is 6.42 Å². The molecule has 7 heteroatoms. The number of benzene rings is 1. The van der Waals surface area contributed by atoms with Crippen molar-refractivity contribution in [3.05, 3.63) is 11.1 Å². The second-order valence-electron chi connectivity index (χ2n) is 4.77. The van der Waals surface area contributed by atoms with Crippen LogP contribution in [0.3, 0.4) is 0 Å². The highest BCUT2D eigenvalue weighted by molar-refractivity contribution is 7.86. The van der Waals surface area contributed by atoms with E-state index in [1.807, 2.05) is 6.92 Å². The van der Waals surface area contributed by atoms with Gasteiger partial charge in [0, 0.05) is 11.1 Å². The smallest absolute Gasteiger partial charge is 0.295 e. The Bertz CT molecular complexity index is 621. The maximum atomic E-state index is 11.9. The van der Waals surface area contributed by atoms with Gasteiger partial charge < -0.3 is 14.6 Å². The lowest BCUT2D eigenvalue weighted by Gasteiger charge is -2.23. The molecule has 21 heavy (non-hydrogen) atoms. The zero-order valence-corrected chi connectivity index (χ0v) is 13.7. The Morgan fingerprint density at radius 1 is 1.14 bits per heavy atom. The zero-order valence-electron chi connectivity index (χ0n) is 12.9. The molecule has 0 saturated heterocycles. The lowest BCUT2D eigenvalue weighted by atomic mass is 9.93. The minimum absolute atomic E-state index is 0.00836. The predicted octanol–water partition coefficient (Wildman–Crippen LogP) is 2.73. The van der Waals surface area contributed by atoms with E-state index < -0.39 is 10.1 Å². The van der Waals surface area contributed by atoms with Crippen LogP contribution < -0.4 is 9.47 Å². The van der Waals surface area contributed by atoms with Crippen molar-refractivity contribution >= 4 is 10.1 Å². The van der Waals surface area contributed by atoms with Gasteiger partial charge in [-0.15, -0.1) is 0 Å². The third kappa shape index (κ3) is 3.08. The summed E-state index contributed by atoms with van der Waals surface area (Å²) in [6.45, 7) is 5.40. The fourth-order valence-corrected chi connectivity index (χ4v) is 3.56. The van der Waals surface area contributed by atoms with Crippen LogP contribution in [0.1, 0.15) is 44.2 Å². The molecule has 1 aromatic carbocycles. The number of rotatable bonds is 6. The number of ether oxygens (including phenoxy) is 2. The molecule has 1 rings (SSSR count). The molecule has 0 aliphatic carbocycles. The van der Waals surface area contributed by atoms with E-state index in [9.17, 15) is 18.1 Å². The minimum Gasteiger partial charge on any atom is -0.502 e. The summed E-state index contributed by atoms with van der Waals surface area (Å²) in [5.74, 6) is -0.446. The molecule has 1 unspecified atom stereocenters. The Kier molecular flexibility index (Phi) is 5.47. The average Bonchev–Trinajstić information content (AvgIpc) is 2.43. The SMILES string of the molecule is CCc1c(OC)c(O)c(OC)c(C(C)CC)c1S(=O)(=O)O. The van der Waals surface area contributed by atoms with Crippen molar-refractivity contribution < 1.29 is 27.6 Å². The van der Waals surface area contributed by atoms with Crippen LogP contribution in [-0.4, -0.2) is 32.3 Å². The highest BCUT2D eigenvalue weighted by atomic mass is 32.2. The third-order valence-corrected chi connectivity index (χ3v) is 4.57. The van der Waals surface area contributed by atoms with Gasteiger partial charge in [-0.05, 0) is 18.8 Å². The fourth-order valence-electron chi connectivity index (χ4n) is 2.44. The summed E-state index contributed by atoms with van der Waals surface area (Å²) < 4.78 is 43.6. The van der Waals surface area contributed by atoms with Gasteiger partial charge in [0.1, 0.15) is 4.90 Å². The van der Waals surface area contributed by atoms with Gasteiger partial charge in [0.15, 0.2) is 11.5 Å². The van der Waals surface area contributed by atoms with Gasteiger partial charge in [0.05, 0.1) is 14.2 Å². The van der Waals surface area contributed by atoms with Gasteiger partial charge in [-0.3, -0.25) is 4.55 Å². The number of hydrogen-bond acceptors (Lipinski definition) is 5. The molecule has 0 aliphatic heterocycles. The summed E-state index contributed by atoms with van der Waals surface area (Å²) in [4.78, 5) is -0.231. The molecule has 120 valence electrons. The summed E-state index contributed by atoms with van der Waals surface area (Å²) in [6.07, 6.45) is 0.896. The first-order valence-electron chi connectivity index (χ1n) is 6.71. The molecule has 0 spiro atoms. The van der Waals surface area contributed by atoms with E-state index in [1.54, 1.807) is 13.8 Å². The predicted molar refractivity (Wildman–Crippen MR) is 79.1 cm³/mol. The first-order chi connectivity index (χ1) is 9.74. The summed E-state index contributed by atoms with van der Waals surface area (Å²) in [5.41, 5.74) is 0.520. The first-order valence-corrected chi connectivity index (χ1v) is 8.15. The molecule has 0 bridgehead atoms. The van der Waals surface area contributed by atoms with Gasteiger partial charge in [-0.1, -0.05) is 20.8 Å². The lowest BCUT2D eigenvalue weighted by Crippen LogP contribution is -2.12. The molecule has 0 radical (unpaired) electrons. The van der Waals surface area contributed by atoms with Crippen molar-refractivity contribution in [1.82, 2.24) is 0 Å². The number of methoxy groups -OCH3 is 2. The van der Waals surface area contributed by atoms with E-state index in [0.717, 1.165) is 0 Å². The van der Waals surface area contributed by atoms with Gasteiger partial charge in [-0.25, -0.2) is 0 Å². The monoisotopic (exact) mass is 318 g/mol. The number of phenolic OH excluding ortho intramolecular Hbond substituents is 1. The molecule has 0 heterocycles. The van der Waals surface area contributed by atoms with Crippen molar-refractivity contribution in [3.8, 4) is 17.2 Å². The molecule has 1 aromatic rings. The molecule has 0 aromatic heterocycles. The van der Waals surface area contributed by atoms with E-state index in [1.165, 1.54) is 14.2 Å². The Hall–Kier alpha value is -1.47. The molecule has 6 nitrogen and oxygen atoms in total. The second-order valence-corrected chi connectivity index (χ2v) is 6.13. The standard InChI is InChI=1S/C14H22O6S/c1-6-8(3)10-13(20-5)11(15)12(19-4)9(7-2)14(10)21(16,17)18/h8,15H,6-7H2,1-5H3,(H,16,17,18). The van der Waals surface area contributed by atoms with Crippen LogP contribution in [0.5, 0.6) is 17.2 Å². The summed E-state index contributed by atoms with van der Waals surface area (Å²) in [5, 5.41) is 10.3. The van der Waals surface area contributed by atoms with Crippen molar-refractivity contribution in [1.29, 1.82) is 0 Å². The number of phenols is 1. The normalized spacial score (nSPS) is 13.0. The van der Waals surface area contributed by atoms with E-state index >= 15 is 0 Å². The maximum absolute atomic E-state index is 11.9. The van der Waals surface area contributed by atoms with Crippen molar-refractivity contribution in [3.63, 3.8) is 0 Å². The molecule has 0 fully saturated rings. The number of aromatic hydroxyl groups is 1. The van der Waals surface area contributed by atoms with Gasteiger partial charge in [0.25, 0.3) is 10.1 Å².